The summed E-state index contributed by atoms with van der Waals surface area (Å²) < 4.78 is 40.4. The van der Waals surface area contributed by atoms with Crippen molar-refractivity contribution >= 4 is 44.8 Å². The second kappa shape index (κ2) is 7.47. The molecule has 3 nitrogen and oxygen atoms in total. The molecule has 0 unspecified atom stereocenters. The standard InChI is InChI=1S/C13H17Cl3FNO2S/c1-13(2,6-3-7-14)8-18-21(19,20)10-5-4-9(15)12(17)11(10)16/h4-5,18H,3,6-8H2,1-2H3. The second-order valence-corrected chi connectivity index (χ2v) is 8.35. The lowest BCUT2D eigenvalue weighted by molar-refractivity contribution is 0.331. The summed E-state index contributed by atoms with van der Waals surface area (Å²) in [5.74, 6) is -0.424. The molecule has 0 heterocycles. The third-order valence-corrected chi connectivity index (χ3v) is 5.50. The molecule has 0 atom stereocenters. The second-order valence-electron chi connectivity index (χ2n) is 5.45. The Kier molecular flexibility index (Phi) is 6.75. The van der Waals surface area contributed by atoms with E-state index in [1.54, 1.807) is 0 Å². The van der Waals surface area contributed by atoms with Gasteiger partial charge in [-0.15, -0.1) is 11.6 Å². The Bertz CT molecular complexity index is 606. The number of hydrogen-bond acceptors (Lipinski definition) is 2. The number of nitrogens with one attached hydrogen (secondary N) is 1. The van der Waals surface area contributed by atoms with Crippen LogP contribution < -0.4 is 4.72 Å². The summed E-state index contributed by atoms with van der Waals surface area (Å²) in [6, 6.07) is 2.35. The average molecular weight is 377 g/mol. The first-order chi connectivity index (χ1) is 9.60. The van der Waals surface area contributed by atoms with Gasteiger partial charge in [-0.3, -0.25) is 0 Å². The minimum atomic E-state index is -3.90. The Morgan fingerprint density at radius 1 is 1.29 bits per heavy atom. The largest absolute Gasteiger partial charge is 0.242 e. The van der Waals surface area contributed by atoms with Gasteiger partial charge in [-0.25, -0.2) is 17.5 Å². The van der Waals surface area contributed by atoms with Crippen LogP contribution in [-0.4, -0.2) is 20.8 Å². The Morgan fingerprint density at radius 3 is 2.48 bits per heavy atom. The maximum absolute atomic E-state index is 13.6. The van der Waals surface area contributed by atoms with E-state index in [1.165, 1.54) is 6.07 Å². The molecule has 21 heavy (non-hydrogen) atoms. The van der Waals surface area contributed by atoms with Gasteiger partial charge in [-0.1, -0.05) is 37.0 Å². The number of benzene rings is 1. The van der Waals surface area contributed by atoms with Crippen molar-refractivity contribution in [3.8, 4) is 0 Å². The van der Waals surface area contributed by atoms with Gasteiger partial charge in [0.25, 0.3) is 0 Å². The third kappa shape index (κ3) is 5.25. The van der Waals surface area contributed by atoms with Crippen LogP contribution in [0.15, 0.2) is 17.0 Å². The fourth-order valence-corrected chi connectivity index (χ4v) is 3.84. The van der Waals surface area contributed by atoms with Gasteiger partial charge in [-0.05, 0) is 30.4 Å². The van der Waals surface area contributed by atoms with Crippen molar-refractivity contribution < 1.29 is 12.8 Å². The Morgan fingerprint density at radius 2 is 1.90 bits per heavy atom. The van der Waals surface area contributed by atoms with Crippen molar-refractivity contribution in [2.24, 2.45) is 5.41 Å². The van der Waals surface area contributed by atoms with E-state index in [-0.39, 0.29) is 21.9 Å². The molecule has 8 heteroatoms. The fraction of sp³-hybridized carbons (Fsp3) is 0.538. The first-order valence-electron chi connectivity index (χ1n) is 6.30. The summed E-state index contributed by atoms with van der Waals surface area (Å²) in [6.45, 7) is 4.05. The molecular weight excluding hydrogens is 360 g/mol. The molecule has 0 saturated heterocycles. The quantitative estimate of drug-likeness (QED) is 0.564. The molecule has 0 aromatic heterocycles. The van der Waals surface area contributed by atoms with Crippen LogP contribution in [0.1, 0.15) is 26.7 Å². The summed E-state index contributed by atoms with van der Waals surface area (Å²) in [5.41, 5.74) is -0.264. The van der Waals surface area contributed by atoms with Crippen molar-refractivity contribution in [1.29, 1.82) is 0 Å². The summed E-state index contributed by atoms with van der Waals surface area (Å²) >= 11 is 16.9. The summed E-state index contributed by atoms with van der Waals surface area (Å²) in [6.07, 6.45) is 1.55. The third-order valence-electron chi connectivity index (χ3n) is 3.02. The molecule has 0 bridgehead atoms. The molecule has 1 aromatic rings. The van der Waals surface area contributed by atoms with Crippen LogP contribution in [0.5, 0.6) is 0 Å². The normalized spacial score (nSPS) is 12.7. The smallest absolute Gasteiger partial charge is 0.211 e. The molecule has 0 radical (unpaired) electrons. The van der Waals surface area contributed by atoms with Gasteiger partial charge in [0.05, 0.1) is 10.0 Å². The number of halogens is 4. The molecule has 1 aromatic carbocycles. The summed E-state index contributed by atoms with van der Waals surface area (Å²) in [5, 5.41) is -0.727. The average Bonchev–Trinajstić information content (AvgIpc) is 2.40. The zero-order valence-corrected chi connectivity index (χ0v) is 14.8. The predicted octanol–water partition coefficient (Wildman–Crippen LogP) is 4.46. The SMILES string of the molecule is CC(C)(CCCCl)CNS(=O)(=O)c1ccc(Cl)c(F)c1Cl. The van der Waals surface area contributed by atoms with E-state index in [4.69, 9.17) is 34.8 Å². The molecule has 0 fully saturated rings. The number of rotatable bonds is 7. The number of alkyl halides is 1. The zero-order valence-electron chi connectivity index (χ0n) is 11.7. The van der Waals surface area contributed by atoms with Crippen LogP contribution >= 0.6 is 34.8 Å². The van der Waals surface area contributed by atoms with Crippen LogP contribution in [-0.2, 0) is 10.0 Å². The number of hydrogen-bond donors (Lipinski definition) is 1. The first-order valence-corrected chi connectivity index (χ1v) is 9.07. The maximum atomic E-state index is 13.6. The minimum absolute atomic E-state index is 0.201. The highest BCUT2D eigenvalue weighted by Crippen LogP contribution is 2.30. The highest BCUT2D eigenvalue weighted by Gasteiger charge is 2.25. The lowest BCUT2D eigenvalue weighted by atomic mass is 9.88. The van der Waals surface area contributed by atoms with E-state index in [0.717, 1.165) is 18.9 Å². The van der Waals surface area contributed by atoms with E-state index in [9.17, 15) is 12.8 Å². The van der Waals surface area contributed by atoms with E-state index in [0.29, 0.717) is 5.88 Å². The van der Waals surface area contributed by atoms with Gasteiger partial charge < -0.3 is 0 Å². The Labute approximate surface area is 139 Å². The van der Waals surface area contributed by atoms with Gasteiger partial charge in [0.15, 0.2) is 5.82 Å². The van der Waals surface area contributed by atoms with Crippen molar-refractivity contribution in [3.05, 3.63) is 28.0 Å². The van der Waals surface area contributed by atoms with Crippen LogP contribution in [0.4, 0.5) is 4.39 Å². The van der Waals surface area contributed by atoms with Crippen LogP contribution in [0.3, 0.4) is 0 Å². The molecule has 1 N–H and O–H groups in total. The van der Waals surface area contributed by atoms with Gasteiger partial charge in [-0.2, -0.15) is 0 Å². The lowest BCUT2D eigenvalue weighted by Crippen LogP contribution is -2.34. The van der Waals surface area contributed by atoms with Crippen molar-refractivity contribution in [2.75, 3.05) is 12.4 Å². The van der Waals surface area contributed by atoms with Gasteiger partial charge in [0, 0.05) is 12.4 Å². The van der Waals surface area contributed by atoms with Gasteiger partial charge in [0.2, 0.25) is 10.0 Å². The zero-order chi connectivity index (χ0) is 16.3. The molecule has 120 valence electrons. The monoisotopic (exact) mass is 375 g/mol. The molecule has 0 aliphatic rings. The van der Waals surface area contributed by atoms with Gasteiger partial charge >= 0.3 is 0 Å². The number of sulfonamides is 1. The molecule has 0 aliphatic heterocycles. The molecular formula is C13H17Cl3FNO2S. The molecule has 0 aliphatic carbocycles. The Hall–Kier alpha value is -0.0700. The van der Waals surface area contributed by atoms with Crippen LogP contribution in [0.25, 0.3) is 0 Å². The topological polar surface area (TPSA) is 46.2 Å². The fourth-order valence-electron chi connectivity index (χ4n) is 1.72. The van der Waals surface area contributed by atoms with Crippen molar-refractivity contribution in [3.63, 3.8) is 0 Å². The Balaban J connectivity index is 2.91. The van der Waals surface area contributed by atoms with E-state index in [2.05, 4.69) is 4.72 Å². The molecule has 0 amide bonds. The first kappa shape index (κ1) is 19.0. The van der Waals surface area contributed by atoms with E-state index in [1.807, 2.05) is 13.8 Å². The van der Waals surface area contributed by atoms with E-state index >= 15 is 0 Å². The molecule has 0 saturated carbocycles. The van der Waals surface area contributed by atoms with Crippen molar-refractivity contribution in [2.45, 2.75) is 31.6 Å². The highest BCUT2D eigenvalue weighted by molar-refractivity contribution is 7.89. The molecule has 1 rings (SSSR count). The summed E-state index contributed by atoms with van der Waals surface area (Å²) in [7, 11) is -3.90. The molecule has 0 spiro atoms. The van der Waals surface area contributed by atoms with Crippen molar-refractivity contribution in [1.82, 2.24) is 4.72 Å². The van der Waals surface area contributed by atoms with Crippen LogP contribution in [0.2, 0.25) is 10.0 Å². The van der Waals surface area contributed by atoms with Gasteiger partial charge in [0.1, 0.15) is 4.90 Å². The minimum Gasteiger partial charge on any atom is -0.211 e. The van der Waals surface area contributed by atoms with Crippen LogP contribution in [0, 0.1) is 11.2 Å². The van der Waals surface area contributed by atoms with E-state index < -0.39 is 20.9 Å². The lowest BCUT2D eigenvalue weighted by Gasteiger charge is -2.24. The maximum Gasteiger partial charge on any atom is 0.242 e. The summed E-state index contributed by atoms with van der Waals surface area (Å²) in [4.78, 5) is -0.320. The highest BCUT2D eigenvalue weighted by atomic mass is 35.5. The predicted molar refractivity (Wildman–Crippen MR) is 85.3 cm³/mol.